The van der Waals surface area contributed by atoms with E-state index in [1.165, 1.54) is 17.5 Å². The molecule has 2 aromatic carbocycles. The summed E-state index contributed by atoms with van der Waals surface area (Å²) in [5.41, 5.74) is 3.74. The molecule has 3 nitrogen and oxygen atoms in total. The number of hydrogen-bond acceptors (Lipinski definition) is 2. The zero-order valence-corrected chi connectivity index (χ0v) is 14.2. The summed E-state index contributed by atoms with van der Waals surface area (Å²) in [6, 6.07) is 16.8. The lowest BCUT2D eigenvalue weighted by Gasteiger charge is -2.27. The third kappa shape index (κ3) is 4.02. The largest absolute Gasteiger partial charge is 0.494 e. The second-order valence-electron chi connectivity index (χ2n) is 5.70. The molecule has 0 saturated carbocycles. The van der Waals surface area contributed by atoms with Crippen LogP contribution in [0.3, 0.4) is 0 Å². The first-order valence-electron chi connectivity index (χ1n) is 8.14. The monoisotopic (exact) mass is 326 g/mol. The van der Waals surface area contributed by atoms with Gasteiger partial charge in [-0.2, -0.15) is 0 Å². The third-order valence-electron chi connectivity index (χ3n) is 4.08. The van der Waals surface area contributed by atoms with E-state index in [-0.39, 0.29) is 6.04 Å². The summed E-state index contributed by atoms with van der Waals surface area (Å²) in [4.78, 5) is 0. The SMILES string of the molecule is CCOc1cccc(NC(=S)NC2CCCc3ccccc32)c1. The normalized spacial score (nSPS) is 16.3. The smallest absolute Gasteiger partial charge is 0.171 e. The minimum absolute atomic E-state index is 0.287. The highest BCUT2D eigenvalue weighted by atomic mass is 32.1. The van der Waals surface area contributed by atoms with Gasteiger partial charge in [0, 0.05) is 11.8 Å². The molecule has 0 aromatic heterocycles. The van der Waals surface area contributed by atoms with Gasteiger partial charge >= 0.3 is 0 Å². The van der Waals surface area contributed by atoms with Crippen molar-refractivity contribution in [3.8, 4) is 5.75 Å². The molecule has 1 aliphatic carbocycles. The Hall–Kier alpha value is -2.07. The number of hydrogen-bond donors (Lipinski definition) is 2. The minimum atomic E-state index is 0.287. The highest BCUT2D eigenvalue weighted by molar-refractivity contribution is 7.80. The fourth-order valence-electron chi connectivity index (χ4n) is 3.06. The molecule has 0 heterocycles. The number of nitrogens with one attached hydrogen (secondary N) is 2. The number of fused-ring (bicyclic) bond motifs is 1. The van der Waals surface area contributed by atoms with Crippen LogP contribution in [0.2, 0.25) is 0 Å². The van der Waals surface area contributed by atoms with Gasteiger partial charge in [0.25, 0.3) is 0 Å². The van der Waals surface area contributed by atoms with Crippen LogP contribution in [0.25, 0.3) is 0 Å². The number of ether oxygens (including phenoxy) is 1. The average Bonchev–Trinajstić information content (AvgIpc) is 2.56. The second-order valence-corrected chi connectivity index (χ2v) is 6.11. The lowest BCUT2D eigenvalue weighted by Crippen LogP contribution is -2.34. The molecule has 1 atom stereocenters. The predicted octanol–water partition coefficient (Wildman–Crippen LogP) is 4.45. The van der Waals surface area contributed by atoms with Crippen LogP contribution < -0.4 is 15.4 Å². The average molecular weight is 326 g/mol. The quantitative estimate of drug-likeness (QED) is 0.813. The highest BCUT2D eigenvalue weighted by Crippen LogP contribution is 2.29. The lowest BCUT2D eigenvalue weighted by molar-refractivity contribution is 0.340. The zero-order valence-electron chi connectivity index (χ0n) is 13.3. The van der Waals surface area contributed by atoms with E-state index in [9.17, 15) is 0 Å². The number of rotatable bonds is 4. The van der Waals surface area contributed by atoms with Crippen LogP contribution >= 0.6 is 12.2 Å². The predicted molar refractivity (Wildman–Crippen MR) is 99.1 cm³/mol. The van der Waals surface area contributed by atoms with Crippen LogP contribution in [0.4, 0.5) is 5.69 Å². The van der Waals surface area contributed by atoms with E-state index < -0.39 is 0 Å². The molecule has 23 heavy (non-hydrogen) atoms. The van der Waals surface area contributed by atoms with E-state index >= 15 is 0 Å². The van der Waals surface area contributed by atoms with Crippen molar-refractivity contribution in [2.75, 3.05) is 11.9 Å². The summed E-state index contributed by atoms with van der Waals surface area (Å²) in [5.74, 6) is 0.850. The maximum Gasteiger partial charge on any atom is 0.171 e. The van der Waals surface area contributed by atoms with Gasteiger partial charge in [-0.25, -0.2) is 0 Å². The number of anilines is 1. The van der Waals surface area contributed by atoms with Gasteiger partial charge < -0.3 is 15.4 Å². The van der Waals surface area contributed by atoms with Gasteiger partial charge in [-0.1, -0.05) is 30.3 Å². The van der Waals surface area contributed by atoms with Crippen molar-refractivity contribution in [1.82, 2.24) is 5.32 Å². The van der Waals surface area contributed by atoms with Crippen LogP contribution in [0.1, 0.15) is 36.9 Å². The Morgan fingerprint density at radius 2 is 2.09 bits per heavy atom. The van der Waals surface area contributed by atoms with Gasteiger partial charge in [-0.3, -0.25) is 0 Å². The molecule has 2 N–H and O–H groups in total. The molecule has 2 aromatic rings. The van der Waals surface area contributed by atoms with Crippen LogP contribution in [0, 0.1) is 0 Å². The van der Waals surface area contributed by atoms with E-state index in [1.54, 1.807) is 0 Å². The maximum atomic E-state index is 5.52. The maximum absolute atomic E-state index is 5.52. The van der Waals surface area contributed by atoms with Gasteiger partial charge in [0.2, 0.25) is 0 Å². The molecular formula is C19H22N2OS. The summed E-state index contributed by atoms with van der Waals surface area (Å²) in [5, 5.41) is 7.37. The Labute approximate surface area is 143 Å². The topological polar surface area (TPSA) is 33.3 Å². The van der Waals surface area contributed by atoms with E-state index in [4.69, 9.17) is 17.0 Å². The molecule has 3 rings (SSSR count). The fraction of sp³-hybridized carbons (Fsp3) is 0.316. The molecule has 4 heteroatoms. The van der Waals surface area contributed by atoms with E-state index in [0.717, 1.165) is 24.3 Å². The van der Waals surface area contributed by atoms with Crippen molar-refractivity contribution in [3.63, 3.8) is 0 Å². The van der Waals surface area contributed by atoms with Crippen LogP contribution in [-0.2, 0) is 6.42 Å². The van der Waals surface area contributed by atoms with Crippen LogP contribution in [-0.4, -0.2) is 11.7 Å². The molecule has 0 amide bonds. The van der Waals surface area contributed by atoms with Gasteiger partial charge in [0.15, 0.2) is 5.11 Å². The Morgan fingerprint density at radius 1 is 1.22 bits per heavy atom. The molecule has 0 bridgehead atoms. The molecule has 0 fully saturated rings. The number of aryl methyl sites for hydroxylation is 1. The molecule has 120 valence electrons. The molecule has 0 saturated heterocycles. The molecule has 1 unspecified atom stereocenters. The minimum Gasteiger partial charge on any atom is -0.494 e. The van der Waals surface area contributed by atoms with Crippen LogP contribution in [0.15, 0.2) is 48.5 Å². The third-order valence-corrected chi connectivity index (χ3v) is 4.30. The molecule has 0 aliphatic heterocycles. The van der Waals surface area contributed by atoms with Crippen molar-refractivity contribution in [3.05, 3.63) is 59.7 Å². The first kappa shape index (κ1) is 15.8. The standard InChI is InChI=1S/C19H22N2OS/c1-2-22-16-10-6-9-15(13-16)20-19(23)21-18-12-5-8-14-7-3-4-11-17(14)18/h3-4,6-7,9-11,13,18H,2,5,8,12H2,1H3,(H2,20,21,23). The number of benzene rings is 2. The van der Waals surface area contributed by atoms with Crippen molar-refractivity contribution in [2.24, 2.45) is 0 Å². The Balaban J connectivity index is 1.65. The molecule has 0 spiro atoms. The van der Waals surface area contributed by atoms with Gasteiger partial charge in [0.1, 0.15) is 5.75 Å². The first-order chi connectivity index (χ1) is 11.3. The second kappa shape index (κ2) is 7.47. The summed E-state index contributed by atoms with van der Waals surface area (Å²) in [7, 11) is 0. The van der Waals surface area contributed by atoms with E-state index in [2.05, 4.69) is 34.9 Å². The molecular weight excluding hydrogens is 304 g/mol. The van der Waals surface area contributed by atoms with Crippen molar-refractivity contribution >= 4 is 23.0 Å². The van der Waals surface area contributed by atoms with Gasteiger partial charge in [-0.05, 0) is 61.7 Å². The Morgan fingerprint density at radius 3 is 2.96 bits per heavy atom. The van der Waals surface area contributed by atoms with Gasteiger partial charge in [0.05, 0.1) is 12.6 Å². The van der Waals surface area contributed by atoms with E-state index in [1.807, 2.05) is 31.2 Å². The fourth-order valence-corrected chi connectivity index (χ4v) is 3.32. The summed E-state index contributed by atoms with van der Waals surface area (Å²) in [6.07, 6.45) is 3.46. The van der Waals surface area contributed by atoms with Crippen molar-refractivity contribution in [1.29, 1.82) is 0 Å². The summed E-state index contributed by atoms with van der Waals surface area (Å²) in [6.45, 7) is 2.64. The van der Waals surface area contributed by atoms with Crippen molar-refractivity contribution < 1.29 is 4.74 Å². The summed E-state index contributed by atoms with van der Waals surface area (Å²) >= 11 is 5.49. The Bertz CT molecular complexity index is 687. The van der Waals surface area contributed by atoms with Crippen LogP contribution in [0.5, 0.6) is 5.75 Å². The lowest BCUT2D eigenvalue weighted by atomic mass is 9.88. The first-order valence-corrected chi connectivity index (χ1v) is 8.55. The van der Waals surface area contributed by atoms with E-state index in [0.29, 0.717) is 11.7 Å². The highest BCUT2D eigenvalue weighted by Gasteiger charge is 2.20. The number of thiocarbonyl (C=S) groups is 1. The van der Waals surface area contributed by atoms with Gasteiger partial charge in [-0.15, -0.1) is 0 Å². The summed E-state index contributed by atoms with van der Waals surface area (Å²) < 4.78 is 5.52. The van der Waals surface area contributed by atoms with Crippen molar-refractivity contribution in [2.45, 2.75) is 32.2 Å². The zero-order chi connectivity index (χ0) is 16.1. The molecule has 0 radical (unpaired) electrons. The Kier molecular flexibility index (Phi) is 5.13. The molecule has 1 aliphatic rings.